The minimum Gasteiger partial charge on any atom is -0.207 e. The van der Waals surface area contributed by atoms with Gasteiger partial charge < -0.3 is 0 Å². The van der Waals surface area contributed by atoms with Gasteiger partial charge in [0.1, 0.15) is 5.82 Å². The second-order valence-electron chi connectivity index (χ2n) is 3.26. The highest BCUT2D eigenvalue weighted by molar-refractivity contribution is 14.1. The topological polar surface area (TPSA) is 0 Å². The van der Waals surface area contributed by atoms with Crippen LogP contribution in [0.2, 0.25) is 0 Å². The molecule has 0 aromatic heterocycles. The van der Waals surface area contributed by atoms with E-state index in [1.165, 1.54) is 5.56 Å². The molecule has 2 heteroatoms. The van der Waals surface area contributed by atoms with Gasteiger partial charge in [0.15, 0.2) is 0 Å². The summed E-state index contributed by atoms with van der Waals surface area (Å²) in [6.45, 7) is 6.20. The molecule has 0 N–H and O–H groups in total. The van der Waals surface area contributed by atoms with Crippen molar-refractivity contribution in [3.63, 3.8) is 0 Å². The first kappa shape index (κ1) is 9.96. The molecular weight excluding hydrogens is 266 g/mol. The zero-order chi connectivity index (χ0) is 9.30. The zero-order valence-electron chi connectivity index (χ0n) is 7.49. The van der Waals surface area contributed by atoms with Gasteiger partial charge in [0.2, 0.25) is 0 Å². The smallest absolute Gasteiger partial charge is 0.124 e. The second-order valence-corrected chi connectivity index (χ2v) is 4.42. The van der Waals surface area contributed by atoms with Crippen molar-refractivity contribution in [1.29, 1.82) is 0 Å². The first-order valence-corrected chi connectivity index (χ1v) is 5.05. The van der Waals surface area contributed by atoms with E-state index in [4.69, 9.17) is 0 Å². The minimum absolute atomic E-state index is 0.131. The van der Waals surface area contributed by atoms with Crippen molar-refractivity contribution in [2.75, 3.05) is 0 Å². The minimum atomic E-state index is -0.131. The van der Waals surface area contributed by atoms with Crippen LogP contribution < -0.4 is 0 Å². The van der Waals surface area contributed by atoms with E-state index < -0.39 is 0 Å². The molecule has 0 atom stereocenters. The number of hydrogen-bond acceptors (Lipinski definition) is 0. The molecule has 12 heavy (non-hydrogen) atoms. The normalized spacial score (nSPS) is 10.8. The fourth-order valence-electron chi connectivity index (χ4n) is 1.27. The third-order valence-corrected chi connectivity index (χ3v) is 3.09. The van der Waals surface area contributed by atoms with Gasteiger partial charge in [-0.15, -0.1) is 0 Å². The van der Waals surface area contributed by atoms with Crippen molar-refractivity contribution >= 4 is 22.6 Å². The number of benzene rings is 1. The Kier molecular flexibility index (Phi) is 3.09. The van der Waals surface area contributed by atoms with E-state index in [-0.39, 0.29) is 5.82 Å². The summed E-state index contributed by atoms with van der Waals surface area (Å²) >= 11 is 2.17. The van der Waals surface area contributed by atoms with E-state index in [1.54, 1.807) is 12.1 Å². The van der Waals surface area contributed by atoms with Crippen molar-refractivity contribution in [2.45, 2.75) is 26.7 Å². The maximum Gasteiger partial charge on any atom is 0.124 e. The Morgan fingerprint density at radius 1 is 1.33 bits per heavy atom. The quantitative estimate of drug-likeness (QED) is 0.684. The van der Waals surface area contributed by atoms with E-state index in [0.717, 1.165) is 9.13 Å². The average molecular weight is 278 g/mol. The standard InChI is InChI=1S/C10H12FI/c1-6(2)9-4-8(11)5-10(12)7(9)3/h4-6H,1-3H3. The first-order chi connectivity index (χ1) is 5.52. The molecule has 0 spiro atoms. The number of halogens is 2. The van der Waals surface area contributed by atoms with E-state index in [2.05, 4.69) is 36.4 Å². The van der Waals surface area contributed by atoms with E-state index in [0.29, 0.717) is 5.92 Å². The summed E-state index contributed by atoms with van der Waals surface area (Å²) in [4.78, 5) is 0. The number of rotatable bonds is 1. The summed E-state index contributed by atoms with van der Waals surface area (Å²) in [6, 6.07) is 3.20. The van der Waals surface area contributed by atoms with E-state index >= 15 is 0 Å². The molecule has 0 saturated carbocycles. The maximum atomic E-state index is 13.0. The van der Waals surface area contributed by atoms with E-state index in [1.807, 2.05) is 6.92 Å². The van der Waals surface area contributed by atoms with Gasteiger partial charge in [0, 0.05) is 3.57 Å². The summed E-state index contributed by atoms with van der Waals surface area (Å²) < 4.78 is 14.0. The van der Waals surface area contributed by atoms with Crippen LogP contribution in [-0.4, -0.2) is 0 Å². The SMILES string of the molecule is Cc1c(I)cc(F)cc1C(C)C. The molecule has 0 heterocycles. The lowest BCUT2D eigenvalue weighted by atomic mass is 9.98. The van der Waals surface area contributed by atoms with Gasteiger partial charge in [-0.25, -0.2) is 4.39 Å². The summed E-state index contributed by atoms with van der Waals surface area (Å²) in [7, 11) is 0. The molecule has 0 fully saturated rings. The predicted octanol–water partition coefficient (Wildman–Crippen LogP) is 3.86. The Balaban J connectivity index is 3.28. The molecule has 1 aromatic rings. The summed E-state index contributed by atoms with van der Waals surface area (Å²) in [5.74, 6) is 0.267. The lowest BCUT2D eigenvalue weighted by Gasteiger charge is -2.10. The van der Waals surface area contributed by atoms with Gasteiger partial charge >= 0.3 is 0 Å². The van der Waals surface area contributed by atoms with E-state index in [9.17, 15) is 4.39 Å². The number of hydrogen-bond donors (Lipinski definition) is 0. The van der Waals surface area contributed by atoms with Crippen LogP contribution in [-0.2, 0) is 0 Å². The Morgan fingerprint density at radius 2 is 1.92 bits per heavy atom. The molecule has 0 aliphatic rings. The Labute approximate surface area is 86.3 Å². The molecule has 0 aliphatic heterocycles. The molecule has 0 radical (unpaired) electrons. The molecule has 0 aliphatic carbocycles. The lowest BCUT2D eigenvalue weighted by Crippen LogP contribution is -1.96. The highest BCUT2D eigenvalue weighted by atomic mass is 127. The fourth-order valence-corrected chi connectivity index (χ4v) is 1.87. The van der Waals surface area contributed by atoms with Gasteiger partial charge in [-0.1, -0.05) is 13.8 Å². The van der Waals surface area contributed by atoms with Gasteiger partial charge in [0.05, 0.1) is 0 Å². The molecule has 0 amide bonds. The van der Waals surface area contributed by atoms with Crippen LogP contribution in [0.4, 0.5) is 4.39 Å². The van der Waals surface area contributed by atoms with Crippen molar-refractivity contribution in [3.05, 3.63) is 32.6 Å². The molecule has 0 unspecified atom stereocenters. The van der Waals surface area contributed by atoms with Crippen LogP contribution in [0.15, 0.2) is 12.1 Å². The highest BCUT2D eigenvalue weighted by Gasteiger charge is 2.07. The van der Waals surface area contributed by atoms with Crippen LogP contribution in [0, 0.1) is 16.3 Å². The molecule has 1 aromatic carbocycles. The van der Waals surface area contributed by atoms with Crippen molar-refractivity contribution in [3.8, 4) is 0 Å². The van der Waals surface area contributed by atoms with Crippen molar-refractivity contribution in [2.24, 2.45) is 0 Å². The van der Waals surface area contributed by atoms with Gasteiger partial charge in [-0.05, 0) is 58.7 Å². The molecule has 66 valence electrons. The van der Waals surface area contributed by atoms with Crippen LogP contribution in [0.5, 0.6) is 0 Å². The van der Waals surface area contributed by atoms with Gasteiger partial charge in [-0.3, -0.25) is 0 Å². The summed E-state index contributed by atoms with van der Waals surface area (Å²) in [5, 5.41) is 0. The maximum absolute atomic E-state index is 13.0. The molecular formula is C10H12FI. The largest absolute Gasteiger partial charge is 0.207 e. The van der Waals surface area contributed by atoms with Crippen LogP contribution in [0.1, 0.15) is 30.9 Å². The summed E-state index contributed by atoms with van der Waals surface area (Å²) in [5.41, 5.74) is 2.31. The van der Waals surface area contributed by atoms with Crippen LogP contribution in [0.25, 0.3) is 0 Å². The molecule has 0 nitrogen and oxygen atoms in total. The summed E-state index contributed by atoms with van der Waals surface area (Å²) in [6.07, 6.45) is 0. The van der Waals surface area contributed by atoms with Gasteiger partial charge in [0.25, 0.3) is 0 Å². The zero-order valence-corrected chi connectivity index (χ0v) is 9.65. The van der Waals surface area contributed by atoms with Crippen molar-refractivity contribution in [1.82, 2.24) is 0 Å². The predicted molar refractivity (Wildman–Crippen MR) is 57.9 cm³/mol. The third kappa shape index (κ3) is 1.97. The Morgan fingerprint density at radius 3 is 2.42 bits per heavy atom. The van der Waals surface area contributed by atoms with Crippen LogP contribution >= 0.6 is 22.6 Å². The fraction of sp³-hybridized carbons (Fsp3) is 0.400. The average Bonchev–Trinajstić information content (AvgIpc) is 1.96. The first-order valence-electron chi connectivity index (χ1n) is 3.98. The Bertz CT molecular complexity index is 292. The van der Waals surface area contributed by atoms with Gasteiger partial charge in [-0.2, -0.15) is 0 Å². The molecule has 1 rings (SSSR count). The monoisotopic (exact) mass is 278 g/mol. The van der Waals surface area contributed by atoms with Crippen molar-refractivity contribution < 1.29 is 4.39 Å². The highest BCUT2D eigenvalue weighted by Crippen LogP contribution is 2.24. The lowest BCUT2D eigenvalue weighted by molar-refractivity contribution is 0.621. The van der Waals surface area contributed by atoms with Crippen LogP contribution in [0.3, 0.4) is 0 Å². The second kappa shape index (κ2) is 3.73. The third-order valence-electron chi connectivity index (χ3n) is 1.97. The Hall–Kier alpha value is -0.120. The molecule has 0 saturated heterocycles. The molecule has 0 bridgehead atoms.